The lowest BCUT2D eigenvalue weighted by atomic mass is 9.82. The molecule has 124 valence electrons. The maximum absolute atomic E-state index is 5.79. The molecule has 1 aliphatic heterocycles. The fourth-order valence-corrected chi connectivity index (χ4v) is 4.03. The third-order valence-corrected chi connectivity index (χ3v) is 5.31. The molecule has 0 aromatic rings. The van der Waals surface area contributed by atoms with Crippen molar-refractivity contribution in [1.29, 1.82) is 0 Å². The van der Waals surface area contributed by atoms with Gasteiger partial charge >= 0.3 is 0 Å². The Labute approximate surface area is 131 Å². The summed E-state index contributed by atoms with van der Waals surface area (Å²) in [5, 5.41) is 3.87. The zero-order chi connectivity index (χ0) is 15.2. The van der Waals surface area contributed by atoms with Crippen LogP contribution in [0.15, 0.2) is 0 Å². The number of ether oxygens (including phenoxy) is 1. The van der Waals surface area contributed by atoms with Crippen LogP contribution in [0.1, 0.15) is 59.8 Å². The van der Waals surface area contributed by atoms with Crippen molar-refractivity contribution < 1.29 is 4.74 Å². The highest BCUT2D eigenvalue weighted by Crippen LogP contribution is 2.29. The minimum atomic E-state index is 0.347. The molecule has 3 nitrogen and oxygen atoms in total. The van der Waals surface area contributed by atoms with E-state index in [1.165, 1.54) is 38.6 Å². The second-order valence-corrected chi connectivity index (χ2v) is 7.64. The smallest absolute Gasteiger partial charge is 0.0597 e. The van der Waals surface area contributed by atoms with Gasteiger partial charge in [0.2, 0.25) is 0 Å². The summed E-state index contributed by atoms with van der Waals surface area (Å²) < 4.78 is 5.79. The Morgan fingerprint density at radius 1 is 1.10 bits per heavy atom. The molecule has 0 bridgehead atoms. The lowest BCUT2D eigenvalue weighted by Crippen LogP contribution is -2.60. The van der Waals surface area contributed by atoms with E-state index < -0.39 is 0 Å². The molecule has 0 spiro atoms. The van der Waals surface area contributed by atoms with Crippen LogP contribution in [0.2, 0.25) is 0 Å². The molecule has 0 aromatic heterocycles. The monoisotopic (exact) mass is 296 g/mol. The van der Waals surface area contributed by atoms with Crippen LogP contribution in [-0.2, 0) is 4.74 Å². The fraction of sp³-hybridized carbons (Fsp3) is 1.00. The van der Waals surface area contributed by atoms with Crippen molar-refractivity contribution in [2.75, 3.05) is 26.2 Å². The summed E-state index contributed by atoms with van der Waals surface area (Å²) in [7, 11) is 0. The summed E-state index contributed by atoms with van der Waals surface area (Å²) in [6, 6.07) is 1.37. The summed E-state index contributed by atoms with van der Waals surface area (Å²) in [6.07, 6.45) is 7.53. The van der Waals surface area contributed by atoms with Crippen molar-refractivity contribution in [3.8, 4) is 0 Å². The van der Waals surface area contributed by atoms with Crippen LogP contribution in [0.25, 0.3) is 0 Å². The molecule has 1 heterocycles. The zero-order valence-corrected chi connectivity index (χ0v) is 14.6. The Kier molecular flexibility index (Phi) is 6.97. The number of nitrogens with one attached hydrogen (secondary N) is 1. The first kappa shape index (κ1) is 17.2. The topological polar surface area (TPSA) is 24.5 Å². The van der Waals surface area contributed by atoms with Crippen LogP contribution < -0.4 is 5.32 Å². The van der Waals surface area contributed by atoms with Crippen molar-refractivity contribution in [2.45, 2.75) is 78.0 Å². The lowest BCUT2D eigenvalue weighted by molar-refractivity contribution is 0.0187. The van der Waals surface area contributed by atoms with Gasteiger partial charge in [-0.25, -0.2) is 0 Å². The van der Waals surface area contributed by atoms with E-state index in [-0.39, 0.29) is 0 Å². The molecule has 21 heavy (non-hydrogen) atoms. The van der Waals surface area contributed by atoms with Crippen LogP contribution in [0.3, 0.4) is 0 Å². The third kappa shape index (κ3) is 5.22. The minimum Gasteiger partial charge on any atom is -0.377 e. The normalized spacial score (nSPS) is 29.4. The molecule has 2 atom stereocenters. The molecule has 0 radical (unpaired) electrons. The van der Waals surface area contributed by atoms with Crippen molar-refractivity contribution in [1.82, 2.24) is 10.2 Å². The first-order valence-electron chi connectivity index (χ1n) is 9.17. The average molecular weight is 296 g/mol. The number of nitrogens with zero attached hydrogens (tertiary/aromatic N) is 1. The van der Waals surface area contributed by atoms with Crippen LogP contribution in [0.5, 0.6) is 0 Å². The van der Waals surface area contributed by atoms with Gasteiger partial charge in [0.25, 0.3) is 0 Å². The summed E-state index contributed by atoms with van der Waals surface area (Å²) in [5.41, 5.74) is 0. The first-order valence-corrected chi connectivity index (χ1v) is 9.17. The van der Waals surface area contributed by atoms with Crippen molar-refractivity contribution >= 4 is 0 Å². The largest absolute Gasteiger partial charge is 0.377 e. The van der Waals surface area contributed by atoms with Crippen LogP contribution in [0, 0.1) is 11.8 Å². The summed E-state index contributed by atoms with van der Waals surface area (Å²) in [4.78, 5) is 2.70. The van der Waals surface area contributed by atoms with Gasteiger partial charge in [-0.2, -0.15) is 0 Å². The highest BCUT2D eigenvalue weighted by Gasteiger charge is 2.33. The van der Waals surface area contributed by atoms with E-state index in [0.717, 1.165) is 25.6 Å². The molecule has 3 heteroatoms. The second kappa shape index (κ2) is 8.50. The molecule has 1 N–H and O–H groups in total. The Hall–Kier alpha value is -0.120. The predicted octanol–water partition coefficient (Wildman–Crippen LogP) is 3.29. The van der Waals surface area contributed by atoms with E-state index in [9.17, 15) is 0 Å². The van der Waals surface area contributed by atoms with Crippen molar-refractivity contribution in [3.05, 3.63) is 0 Å². The first-order chi connectivity index (χ1) is 10.1. The van der Waals surface area contributed by atoms with Gasteiger partial charge in [0, 0.05) is 31.7 Å². The Morgan fingerprint density at radius 2 is 1.81 bits per heavy atom. The standard InChI is InChI=1S/C18H36N2O/c1-14(2)18-12-19-17(16-8-6-5-7-9-16)13-20(18)10-11-21-15(3)4/h14-19H,5-13H2,1-4H3. The summed E-state index contributed by atoms with van der Waals surface area (Å²) in [6.45, 7) is 13.3. The van der Waals surface area contributed by atoms with Gasteiger partial charge in [-0.1, -0.05) is 33.1 Å². The highest BCUT2D eigenvalue weighted by molar-refractivity contribution is 4.91. The van der Waals surface area contributed by atoms with E-state index in [2.05, 4.69) is 37.9 Å². The van der Waals surface area contributed by atoms with Crippen LogP contribution in [0.4, 0.5) is 0 Å². The number of piperazine rings is 1. The number of rotatable bonds is 6. The molecule has 2 unspecified atom stereocenters. The molecule has 0 amide bonds. The SMILES string of the molecule is CC(C)OCCN1CC(C2CCCCC2)NCC1C(C)C. The van der Waals surface area contributed by atoms with Gasteiger partial charge in [-0.15, -0.1) is 0 Å². The summed E-state index contributed by atoms with van der Waals surface area (Å²) in [5.74, 6) is 1.62. The molecule has 2 rings (SSSR count). The molecule has 1 saturated heterocycles. The molecule has 2 fully saturated rings. The van der Waals surface area contributed by atoms with Gasteiger partial charge in [0.15, 0.2) is 0 Å². The lowest BCUT2D eigenvalue weighted by Gasteiger charge is -2.45. The molecule has 2 aliphatic rings. The Bertz CT molecular complexity index is 287. The molecule has 1 saturated carbocycles. The number of hydrogen-bond acceptors (Lipinski definition) is 3. The van der Waals surface area contributed by atoms with E-state index in [4.69, 9.17) is 4.74 Å². The van der Waals surface area contributed by atoms with Gasteiger partial charge in [0.05, 0.1) is 12.7 Å². The van der Waals surface area contributed by atoms with Gasteiger partial charge in [-0.3, -0.25) is 4.90 Å². The van der Waals surface area contributed by atoms with Crippen molar-refractivity contribution in [3.63, 3.8) is 0 Å². The predicted molar refractivity (Wildman–Crippen MR) is 89.7 cm³/mol. The van der Waals surface area contributed by atoms with Crippen LogP contribution >= 0.6 is 0 Å². The zero-order valence-electron chi connectivity index (χ0n) is 14.6. The molecule has 0 aromatic carbocycles. The number of hydrogen-bond donors (Lipinski definition) is 1. The van der Waals surface area contributed by atoms with Crippen molar-refractivity contribution in [2.24, 2.45) is 11.8 Å². The van der Waals surface area contributed by atoms with Gasteiger partial charge < -0.3 is 10.1 Å². The molecule has 1 aliphatic carbocycles. The maximum atomic E-state index is 5.79. The summed E-state index contributed by atoms with van der Waals surface area (Å²) >= 11 is 0. The third-order valence-electron chi connectivity index (χ3n) is 5.31. The van der Waals surface area contributed by atoms with E-state index in [1.807, 2.05) is 0 Å². The van der Waals surface area contributed by atoms with Crippen LogP contribution in [-0.4, -0.2) is 49.3 Å². The van der Waals surface area contributed by atoms with E-state index in [1.54, 1.807) is 0 Å². The Morgan fingerprint density at radius 3 is 2.43 bits per heavy atom. The Balaban J connectivity index is 1.87. The van der Waals surface area contributed by atoms with Gasteiger partial charge in [-0.05, 0) is 38.5 Å². The highest BCUT2D eigenvalue weighted by atomic mass is 16.5. The maximum Gasteiger partial charge on any atom is 0.0597 e. The van der Waals surface area contributed by atoms with Gasteiger partial charge in [0.1, 0.15) is 0 Å². The fourth-order valence-electron chi connectivity index (χ4n) is 4.03. The quantitative estimate of drug-likeness (QED) is 0.814. The van der Waals surface area contributed by atoms with E-state index in [0.29, 0.717) is 24.1 Å². The second-order valence-electron chi connectivity index (χ2n) is 7.64. The minimum absolute atomic E-state index is 0.347. The average Bonchev–Trinajstić information content (AvgIpc) is 2.47. The molecular weight excluding hydrogens is 260 g/mol. The molecular formula is C18H36N2O. The van der Waals surface area contributed by atoms with E-state index >= 15 is 0 Å².